The summed E-state index contributed by atoms with van der Waals surface area (Å²) >= 11 is 6.21. The molecule has 2 rings (SSSR count). The number of rotatable bonds is 6. The van der Waals surface area contributed by atoms with Crippen LogP contribution in [0, 0.1) is 0 Å². The van der Waals surface area contributed by atoms with Crippen molar-refractivity contribution in [2.75, 3.05) is 33.1 Å². The van der Waals surface area contributed by atoms with E-state index in [1.54, 1.807) is 6.07 Å². The molecule has 6 heteroatoms. The van der Waals surface area contributed by atoms with Gasteiger partial charge in [-0.1, -0.05) is 11.6 Å². The minimum absolute atomic E-state index is 0.310. The van der Waals surface area contributed by atoms with Crippen LogP contribution < -0.4 is 11.3 Å². The topological polar surface area (TPSA) is 57.4 Å². The third-order valence-corrected chi connectivity index (χ3v) is 4.63. The molecule has 0 bridgehead atoms. The van der Waals surface area contributed by atoms with Crippen LogP contribution in [0.15, 0.2) is 12.1 Å². The van der Waals surface area contributed by atoms with Crippen LogP contribution in [0.5, 0.6) is 0 Å². The molecule has 1 fully saturated rings. The summed E-state index contributed by atoms with van der Waals surface area (Å²) in [6.45, 7) is 1.75. The molecule has 0 saturated heterocycles. The zero-order valence-electron chi connectivity index (χ0n) is 12.5. The number of nitrogen functional groups attached to an aromatic ring is 1. The second-order valence-corrected chi connectivity index (χ2v) is 6.32. The average Bonchev–Trinajstić information content (AvgIpc) is 2.36. The van der Waals surface area contributed by atoms with Gasteiger partial charge in [0.2, 0.25) is 0 Å². The predicted molar refractivity (Wildman–Crippen MR) is 83.7 cm³/mol. The van der Waals surface area contributed by atoms with Gasteiger partial charge >= 0.3 is 0 Å². The molecule has 5 nitrogen and oxygen atoms in total. The van der Waals surface area contributed by atoms with Gasteiger partial charge in [-0.25, -0.2) is 10.8 Å². The maximum absolute atomic E-state index is 6.21. The predicted octanol–water partition coefficient (Wildman–Crippen LogP) is 1.94. The molecule has 20 heavy (non-hydrogen) atoms. The summed E-state index contributed by atoms with van der Waals surface area (Å²) in [6.07, 6.45) is 3.84. The molecule has 1 aliphatic rings. The first-order valence-electron chi connectivity index (χ1n) is 6.95. The zero-order valence-corrected chi connectivity index (χ0v) is 13.2. The van der Waals surface area contributed by atoms with Gasteiger partial charge in [0.15, 0.2) is 0 Å². The van der Waals surface area contributed by atoms with Crippen molar-refractivity contribution in [1.82, 2.24) is 14.8 Å². The van der Waals surface area contributed by atoms with Crippen molar-refractivity contribution in [1.29, 1.82) is 0 Å². The van der Waals surface area contributed by atoms with Crippen LogP contribution in [-0.4, -0.2) is 48.0 Å². The number of halogens is 1. The minimum Gasteiger partial charge on any atom is -0.308 e. The Hall–Kier alpha value is -0.880. The highest BCUT2D eigenvalue weighted by Gasteiger charge is 2.39. The molecule has 1 saturated carbocycles. The number of nitrogens with zero attached hydrogens (tertiary/aromatic N) is 3. The summed E-state index contributed by atoms with van der Waals surface area (Å²) in [5.74, 6) is 6.04. The number of nitrogens with two attached hydrogens (primary N) is 1. The van der Waals surface area contributed by atoms with E-state index in [1.807, 2.05) is 6.07 Å². The van der Waals surface area contributed by atoms with E-state index in [1.165, 1.54) is 19.3 Å². The van der Waals surface area contributed by atoms with E-state index in [-0.39, 0.29) is 0 Å². The van der Waals surface area contributed by atoms with Crippen molar-refractivity contribution in [2.24, 2.45) is 5.84 Å². The van der Waals surface area contributed by atoms with Crippen molar-refractivity contribution in [3.05, 3.63) is 22.8 Å². The van der Waals surface area contributed by atoms with Crippen LogP contribution in [0.2, 0.25) is 5.02 Å². The molecule has 0 aromatic carbocycles. The monoisotopic (exact) mass is 297 g/mol. The highest BCUT2D eigenvalue weighted by atomic mass is 35.5. The van der Waals surface area contributed by atoms with Crippen LogP contribution >= 0.6 is 11.6 Å². The molecular formula is C14H24ClN5. The highest BCUT2D eigenvalue weighted by Crippen LogP contribution is 2.36. The number of pyridine rings is 1. The smallest absolute Gasteiger partial charge is 0.140 e. The summed E-state index contributed by atoms with van der Waals surface area (Å²) in [5.41, 5.74) is 3.73. The summed E-state index contributed by atoms with van der Waals surface area (Å²) < 4.78 is 0. The number of hydrazine groups is 1. The third kappa shape index (κ3) is 3.23. The molecule has 1 heterocycles. The number of aromatic nitrogens is 1. The minimum atomic E-state index is 0.310. The normalized spacial score (nSPS) is 17.4. The van der Waals surface area contributed by atoms with E-state index < -0.39 is 0 Å². The fourth-order valence-electron chi connectivity index (χ4n) is 2.82. The first kappa shape index (κ1) is 15.5. The lowest BCUT2D eigenvalue weighted by molar-refractivity contribution is 0.0256. The number of likely N-dealkylation sites (N-methyl/N-ethyl adjacent to an activating group) is 2. The standard InChI is InChI=1S/C14H24ClN5/c1-19(2)14(7-4-8-14)10-20(3)9-12-11(15)5-6-13(17-12)18-16/h5-6H,4,7-10,16H2,1-3H3,(H,17,18). The molecule has 0 radical (unpaired) electrons. The van der Waals surface area contributed by atoms with Crippen molar-refractivity contribution >= 4 is 17.4 Å². The molecule has 0 atom stereocenters. The summed E-state index contributed by atoms with van der Waals surface area (Å²) in [6, 6.07) is 3.61. The molecule has 0 unspecified atom stereocenters. The van der Waals surface area contributed by atoms with Gasteiger partial charge in [0, 0.05) is 18.6 Å². The molecular weight excluding hydrogens is 274 g/mol. The number of hydrogen-bond donors (Lipinski definition) is 2. The van der Waals surface area contributed by atoms with E-state index in [0.717, 1.165) is 18.8 Å². The molecule has 112 valence electrons. The fraction of sp³-hybridized carbons (Fsp3) is 0.643. The zero-order chi connectivity index (χ0) is 14.8. The summed E-state index contributed by atoms with van der Waals surface area (Å²) in [4.78, 5) is 9.06. The average molecular weight is 298 g/mol. The lowest BCUT2D eigenvalue weighted by atomic mass is 9.75. The van der Waals surface area contributed by atoms with Crippen LogP contribution in [0.25, 0.3) is 0 Å². The Bertz CT molecular complexity index is 459. The van der Waals surface area contributed by atoms with Gasteiger partial charge in [-0.15, -0.1) is 0 Å². The van der Waals surface area contributed by atoms with E-state index in [4.69, 9.17) is 17.4 Å². The van der Waals surface area contributed by atoms with Crippen LogP contribution in [-0.2, 0) is 6.54 Å². The fourth-order valence-corrected chi connectivity index (χ4v) is 2.99. The van der Waals surface area contributed by atoms with E-state index >= 15 is 0 Å². The first-order valence-corrected chi connectivity index (χ1v) is 7.33. The second-order valence-electron chi connectivity index (χ2n) is 5.91. The maximum Gasteiger partial charge on any atom is 0.140 e. The Morgan fingerprint density at radius 2 is 2.05 bits per heavy atom. The van der Waals surface area contributed by atoms with Gasteiger partial charge in [0.05, 0.1) is 10.7 Å². The first-order chi connectivity index (χ1) is 9.47. The van der Waals surface area contributed by atoms with Crippen LogP contribution in [0.3, 0.4) is 0 Å². The van der Waals surface area contributed by atoms with E-state index in [9.17, 15) is 0 Å². The molecule has 3 N–H and O–H groups in total. The Morgan fingerprint density at radius 1 is 1.35 bits per heavy atom. The third-order valence-electron chi connectivity index (χ3n) is 4.28. The Balaban J connectivity index is 2.02. The van der Waals surface area contributed by atoms with Gasteiger partial charge in [-0.3, -0.25) is 4.90 Å². The number of hydrogen-bond acceptors (Lipinski definition) is 5. The summed E-state index contributed by atoms with van der Waals surface area (Å²) in [7, 11) is 6.44. The molecule has 1 aromatic rings. The summed E-state index contributed by atoms with van der Waals surface area (Å²) in [5, 5.41) is 0.684. The van der Waals surface area contributed by atoms with E-state index in [0.29, 0.717) is 16.4 Å². The van der Waals surface area contributed by atoms with Gasteiger partial charge in [0.25, 0.3) is 0 Å². The van der Waals surface area contributed by atoms with Crippen LogP contribution in [0.1, 0.15) is 25.0 Å². The quantitative estimate of drug-likeness (QED) is 0.621. The van der Waals surface area contributed by atoms with Crippen molar-refractivity contribution in [3.8, 4) is 0 Å². The van der Waals surface area contributed by atoms with Gasteiger partial charge in [0.1, 0.15) is 5.82 Å². The molecule has 1 aliphatic carbocycles. The number of anilines is 1. The Morgan fingerprint density at radius 3 is 2.55 bits per heavy atom. The molecule has 0 amide bonds. The van der Waals surface area contributed by atoms with Crippen molar-refractivity contribution in [3.63, 3.8) is 0 Å². The van der Waals surface area contributed by atoms with Crippen molar-refractivity contribution in [2.45, 2.75) is 31.3 Å². The van der Waals surface area contributed by atoms with Gasteiger partial charge in [-0.2, -0.15) is 0 Å². The van der Waals surface area contributed by atoms with Crippen LogP contribution in [0.4, 0.5) is 5.82 Å². The molecule has 1 aromatic heterocycles. The molecule has 0 aliphatic heterocycles. The second kappa shape index (κ2) is 6.26. The van der Waals surface area contributed by atoms with Crippen molar-refractivity contribution < 1.29 is 0 Å². The highest BCUT2D eigenvalue weighted by molar-refractivity contribution is 6.31. The Kier molecular flexibility index (Phi) is 4.86. The Labute approximate surface area is 126 Å². The van der Waals surface area contributed by atoms with Gasteiger partial charge in [-0.05, 0) is 52.5 Å². The largest absolute Gasteiger partial charge is 0.308 e. The SMILES string of the molecule is CN(Cc1nc(NN)ccc1Cl)CC1(N(C)C)CCC1. The molecule has 0 spiro atoms. The maximum atomic E-state index is 6.21. The van der Waals surface area contributed by atoms with Gasteiger partial charge < -0.3 is 10.3 Å². The lowest BCUT2D eigenvalue weighted by Crippen LogP contribution is -2.56. The number of nitrogens with one attached hydrogen (secondary N) is 1. The lowest BCUT2D eigenvalue weighted by Gasteiger charge is -2.49. The van der Waals surface area contributed by atoms with E-state index in [2.05, 4.69) is 41.4 Å².